The van der Waals surface area contributed by atoms with Gasteiger partial charge in [-0.1, -0.05) is 6.92 Å². The Labute approximate surface area is 120 Å². The van der Waals surface area contributed by atoms with Gasteiger partial charge >= 0.3 is 0 Å². The normalized spacial score (nSPS) is 19.1. The molecule has 0 aromatic heterocycles. The number of hydrogen-bond donors (Lipinski definition) is 3. The number of nitrogens with one attached hydrogen (secondary N) is 2. The number of hydrogen-bond acceptors (Lipinski definition) is 4. The highest BCUT2D eigenvalue weighted by Gasteiger charge is 2.21. The van der Waals surface area contributed by atoms with Gasteiger partial charge in [0.1, 0.15) is 0 Å². The summed E-state index contributed by atoms with van der Waals surface area (Å²) < 4.78 is 0. The maximum Gasteiger partial charge on any atom is 0.251 e. The molecule has 1 aromatic carbocycles. The van der Waals surface area contributed by atoms with Gasteiger partial charge in [-0.3, -0.25) is 10.6 Å². The number of carbonyl (C=O) groups excluding carboxylic acids is 1. The van der Waals surface area contributed by atoms with Crippen LogP contribution in [0.4, 0.5) is 5.69 Å². The molecule has 0 radical (unpaired) electrons. The number of benzene rings is 1. The lowest BCUT2D eigenvalue weighted by Crippen LogP contribution is -2.31. The Morgan fingerprint density at radius 2 is 2.30 bits per heavy atom. The maximum atomic E-state index is 12.1. The quantitative estimate of drug-likeness (QED) is 0.561. The average Bonchev–Trinajstić information content (AvgIpc) is 2.92. The maximum absolute atomic E-state index is 12.1. The van der Waals surface area contributed by atoms with Crippen LogP contribution in [-0.4, -0.2) is 37.0 Å². The number of nitrogen functional groups attached to an aromatic ring is 1. The van der Waals surface area contributed by atoms with E-state index in [1.54, 1.807) is 6.07 Å². The molecule has 1 aliphatic rings. The van der Waals surface area contributed by atoms with E-state index in [2.05, 4.69) is 22.6 Å². The molecular weight excluding hydrogens is 252 g/mol. The molecule has 1 amide bonds. The molecule has 5 nitrogen and oxygen atoms in total. The van der Waals surface area contributed by atoms with Crippen LogP contribution in [0.3, 0.4) is 0 Å². The van der Waals surface area contributed by atoms with E-state index in [1.165, 1.54) is 6.42 Å². The Bertz CT molecular complexity index is 475. The first-order valence-corrected chi connectivity index (χ1v) is 7.21. The van der Waals surface area contributed by atoms with Gasteiger partial charge in [0.2, 0.25) is 0 Å². The predicted molar refractivity (Wildman–Crippen MR) is 81.5 cm³/mol. The third kappa shape index (κ3) is 3.49. The lowest BCUT2D eigenvalue weighted by Gasteiger charge is -2.14. The second-order valence-electron chi connectivity index (χ2n) is 5.43. The van der Waals surface area contributed by atoms with Crippen LogP contribution >= 0.6 is 0 Å². The van der Waals surface area contributed by atoms with E-state index in [0.717, 1.165) is 37.4 Å². The molecule has 1 aliphatic heterocycles. The van der Waals surface area contributed by atoms with Gasteiger partial charge in [-0.25, -0.2) is 0 Å². The summed E-state index contributed by atoms with van der Waals surface area (Å²) in [4.78, 5) is 14.5. The van der Waals surface area contributed by atoms with Crippen LogP contribution in [0.25, 0.3) is 0 Å². The van der Waals surface area contributed by atoms with Crippen LogP contribution in [0, 0.1) is 12.8 Å². The molecule has 0 aliphatic carbocycles. The highest BCUT2D eigenvalue weighted by Crippen LogP contribution is 2.16. The number of hydrazine groups is 1. The van der Waals surface area contributed by atoms with Crippen molar-refractivity contribution in [3.05, 3.63) is 29.3 Å². The molecular formula is C15H24N4O. The Morgan fingerprint density at radius 1 is 1.50 bits per heavy atom. The molecule has 4 N–H and O–H groups in total. The predicted octanol–water partition coefficient (Wildman–Crippen LogP) is 1.35. The van der Waals surface area contributed by atoms with Gasteiger partial charge in [0.25, 0.3) is 5.91 Å². The van der Waals surface area contributed by atoms with Crippen LogP contribution < -0.4 is 16.6 Å². The molecule has 1 atom stereocenters. The molecule has 20 heavy (non-hydrogen) atoms. The number of nitrogens with two attached hydrogens (primary N) is 1. The number of aryl methyl sites for hydroxylation is 1. The Kier molecular flexibility index (Phi) is 4.98. The minimum absolute atomic E-state index is 0.00776. The molecule has 1 saturated heterocycles. The summed E-state index contributed by atoms with van der Waals surface area (Å²) in [6.07, 6.45) is 1.17. The topological polar surface area (TPSA) is 70.4 Å². The van der Waals surface area contributed by atoms with Crippen molar-refractivity contribution in [3.8, 4) is 0 Å². The van der Waals surface area contributed by atoms with Crippen LogP contribution in [0.15, 0.2) is 18.2 Å². The van der Waals surface area contributed by atoms with Crippen molar-refractivity contribution >= 4 is 11.6 Å². The largest absolute Gasteiger partial charge is 0.352 e. The molecule has 2 rings (SSSR count). The van der Waals surface area contributed by atoms with E-state index >= 15 is 0 Å². The fourth-order valence-corrected chi connectivity index (χ4v) is 2.67. The van der Waals surface area contributed by atoms with Gasteiger partial charge < -0.3 is 15.6 Å². The summed E-state index contributed by atoms with van der Waals surface area (Å²) in [5, 5.41) is 3.03. The first-order chi connectivity index (χ1) is 9.63. The summed E-state index contributed by atoms with van der Waals surface area (Å²) in [6.45, 7) is 8.19. The van der Waals surface area contributed by atoms with Crippen molar-refractivity contribution in [1.82, 2.24) is 10.2 Å². The van der Waals surface area contributed by atoms with Crippen molar-refractivity contribution in [2.24, 2.45) is 11.8 Å². The lowest BCUT2D eigenvalue weighted by atomic mass is 10.1. The average molecular weight is 276 g/mol. The number of nitrogens with zero attached hydrogens (tertiary/aromatic N) is 1. The standard InChI is InChI=1S/C15H24N4O/c1-3-19-7-6-12(10-19)9-17-15(20)13-4-5-14(18-16)11(2)8-13/h4-5,8,12,18H,3,6-7,9-10,16H2,1-2H3,(H,17,20). The number of anilines is 1. The lowest BCUT2D eigenvalue weighted by molar-refractivity contribution is 0.0947. The van der Waals surface area contributed by atoms with Crippen molar-refractivity contribution in [1.29, 1.82) is 0 Å². The summed E-state index contributed by atoms with van der Waals surface area (Å²) in [7, 11) is 0. The third-order valence-corrected chi connectivity index (χ3v) is 4.01. The molecule has 1 fully saturated rings. The number of carbonyl (C=O) groups is 1. The third-order valence-electron chi connectivity index (χ3n) is 4.01. The van der Waals surface area contributed by atoms with E-state index in [-0.39, 0.29) is 5.91 Å². The van der Waals surface area contributed by atoms with Gasteiger partial charge in [0.05, 0.1) is 5.69 Å². The van der Waals surface area contributed by atoms with Gasteiger partial charge in [-0.05, 0) is 56.1 Å². The zero-order valence-corrected chi connectivity index (χ0v) is 12.3. The molecule has 0 spiro atoms. The smallest absolute Gasteiger partial charge is 0.251 e. The van der Waals surface area contributed by atoms with E-state index < -0.39 is 0 Å². The van der Waals surface area contributed by atoms with Crippen molar-refractivity contribution in [2.75, 3.05) is 31.6 Å². The highest BCUT2D eigenvalue weighted by molar-refractivity contribution is 5.94. The minimum Gasteiger partial charge on any atom is -0.352 e. The second-order valence-corrected chi connectivity index (χ2v) is 5.43. The first-order valence-electron chi connectivity index (χ1n) is 7.21. The fraction of sp³-hybridized carbons (Fsp3) is 0.533. The zero-order chi connectivity index (χ0) is 14.5. The van der Waals surface area contributed by atoms with Crippen LogP contribution in [0.5, 0.6) is 0 Å². The molecule has 5 heteroatoms. The number of likely N-dealkylation sites (tertiary alicyclic amines) is 1. The fourth-order valence-electron chi connectivity index (χ4n) is 2.67. The molecule has 0 saturated carbocycles. The zero-order valence-electron chi connectivity index (χ0n) is 12.3. The SMILES string of the molecule is CCN1CCC(CNC(=O)c2ccc(NN)c(C)c2)C1. The van der Waals surface area contributed by atoms with Crippen molar-refractivity contribution in [3.63, 3.8) is 0 Å². The Morgan fingerprint density at radius 3 is 2.90 bits per heavy atom. The van der Waals surface area contributed by atoms with Crippen LogP contribution in [-0.2, 0) is 0 Å². The molecule has 1 heterocycles. The first kappa shape index (κ1) is 14.8. The minimum atomic E-state index is -0.00776. The Hall–Kier alpha value is -1.59. The van der Waals surface area contributed by atoms with E-state index in [4.69, 9.17) is 5.84 Å². The highest BCUT2D eigenvalue weighted by atomic mass is 16.1. The van der Waals surface area contributed by atoms with E-state index in [1.807, 2.05) is 19.1 Å². The monoisotopic (exact) mass is 276 g/mol. The summed E-state index contributed by atoms with van der Waals surface area (Å²) in [5.74, 6) is 5.96. The van der Waals surface area contributed by atoms with E-state index in [9.17, 15) is 4.79 Å². The van der Waals surface area contributed by atoms with Gasteiger partial charge in [-0.2, -0.15) is 0 Å². The Balaban J connectivity index is 1.87. The van der Waals surface area contributed by atoms with Crippen molar-refractivity contribution in [2.45, 2.75) is 20.3 Å². The molecule has 110 valence electrons. The molecule has 0 bridgehead atoms. The van der Waals surface area contributed by atoms with Gasteiger partial charge in [0, 0.05) is 18.7 Å². The van der Waals surface area contributed by atoms with Gasteiger partial charge in [0.15, 0.2) is 0 Å². The summed E-state index contributed by atoms with van der Waals surface area (Å²) >= 11 is 0. The molecule has 1 unspecified atom stereocenters. The molecule has 1 aromatic rings. The second kappa shape index (κ2) is 6.72. The van der Waals surface area contributed by atoms with Crippen molar-refractivity contribution < 1.29 is 4.79 Å². The number of rotatable bonds is 5. The van der Waals surface area contributed by atoms with Crippen LogP contribution in [0.2, 0.25) is 0 Å². The van der Waals surface area contributed by atoms with Gasteiger partial charge in [-0.15, -0.1) is 0 Å². The summed E-state index contributed by atoms with van der Waals surface area (Å²) in [5.41, 5.74) is 5.11. The van der Waals surface area contributed by atoms with E-state index in [0.29, 0.717) is 11.5 Å². The van der Waals surface area contributed by atoms with Crippen LogP contribution in [0.1, 0.15) is 29.3 Å². The summed E-state index contributed by atoms with van der Waals surface area (Å²) in [6, 6.07) is 5.49. The number of amides is 1.